The Balaban J connectivity index is 1.36. The molecule has 1 atom stereocenters. The van der Waals surface area contributed by atoms with Crippen molar-refractivity contribution < 1.29 is 9.21 Å². The summed E-state index contributed by atoms with van der Waals surface area (Å²) >= 11 is 0. The summed E-state index contributed by atoms with van der Waals surface area (Å²) in [6.45, 7) is 4.41. The average Bonchev–Trinajstić information content (AvgIpc) is 3.35. The second-order valence-corrected chi connectivity index (χ2v) is 8.54. The molecule has 6 nitrogen and oxygen atoms in total. The quantitative estimate of drug-likeness (QED) is 0.456. The summed E-state index contributed by atoms with van der Waals surface area (Å²) in [6, 6.07) is 25.6. The van der Waals surface area contributed by atoms with E-state index in [0.29, 0.717) is 23.9 Å². The molecule has 1 aliphatic rings. The largest absolute Gasteiger partial charge is 0.416 e. The molecule has 0 saturated carbocycles. The second kappa shape index (κ2) is 9.00. The molecule has 2 heterocycles. The summed E-state index contributed by atoms with van der Waals surface area (Å²) in [4.78, 5) is 17.7. The molecule has 1 unspecified atom stereocenters. The Morgan fingerprint density at radius 2 is 1.45 bits per heavy atom. The molecule has 1 fully saturated rings. The zero-order chi connectivity index (χ0) is 22.8. The first kappa shape index (κ1) is 21.1. The molecule has 5 rings (SSSR count). The lowest BCUT2D eigenvalue weighted by Crippen LogP contribution is -2.49. The monoisotopic (exact) mass is 438 g/mol. The van der Waals surface area contributed by atoms with Gasteiger partial charge in [0.05, 0.1) is 6.04 Å². The maximum atomic E-state index is 13.4. The fourth-order valence-corrected chi connectivity index (χ4v) is 4.20. The van der Waals surface area contributed by atoms with Gasteiger partial charge < -0.3 is 14.2 Å². The first-order valence-corrected chi connectivity index (χ1v) is 11.1. The van der Waals surface area contributed by atoms with E-state index < -0.39 is 0 Å². The van der Waals surface area contributed by atoms with Crippen molar-refractivity contribution in [3.63, 3.8) is 0 Å². The van der Waals surface area contributed by atoms with Gasteiger partial charge in [0.15, 0.2) is 0 Å². The first-order chi connectivity index (χ1) is 16.1. The van der Waals surface area contributed by atoms with Crippen molar-refractivity contribution in [1.82, 2.24) is 20.0 Å². The third-order valence-electron chi connectivity index (χ3n) is 6.13. The highest BCUT2D eigenvalue weighted by atomic mass is 16.4. The molecular formula is C27H26N4O2. The molecule has 1 aliphatic heterocycles. The molecular weight excluding hydrogens is 412 g/mol. The molecule has 1 aromatic heterocycles. The van der Waals surface area contributed by atoms with Crippen LogP contribution in [0, 0.1) is 6.92 Å². The van der Waals surface area contributed by atoms with Crippen LogP contribution in [0.25, 0.3) is 22.9 Å². The summed E-state index contributed by atoms with van der Waals surface area (Å²) in [5.41, 5.74) is 4.66. The van der Waals surface area contributed by atoms with E-state index in [9.17, 15) is 4.79 Å². The van der Waals surface area contributed by atoms with Gasteiger partial charge in [-0.1, -0.05) is 48.0 Å². The molecule has 0 radical (unpaired) electrons. The summed E-state index contributed by atoms with van der Waals surface area (Å²) in [5, 5.41) is 8.37. The summed E-state index contributed by atoms with van der Waals surface area (Å²) in [7, 11) is 2.10. The smallest absolute Gasteiger partial charge is 0.254 e. The van der Waals surface area contributed by atoms with E-state index in [4.69, 9.17) is 4.42 Å². The van der Waals surface area contributed by atoms with Crippen LogP contribution >= 0.6 is 0 Å². The van der Waals surface area contributed by atoms with Crippen molar-refractivity contribution in [2.75, 3.05) is 26.7 Å². The molecule has 0 bridgehead atoms. The number of carbonyl (C=O) groups excluding carboxylic acids is 1. The van der Waals surface area contributed by atoms with Gasteiger partial charge in [0.2, 0.25) is 11.8 Å². The molecule has 1 saturated heterocycles. The van der Waals surface area contributed by atoms with E-state index in [2.05, 4.69) is 34.3 Å². The molecule has 166 valence electrons. The van der Waals surface area contributed by atoms with Crippen LogP contribution in [0.15, 0.2) is 83.3 Å². The Kier molecular flexibility index (Phi) is 5.75. The lowest BCUT2D eigenvalue weighted by molar-refractivity contribution is 0.0498. The molecule has 0 N–H and O–H groups in total. The van der Waals surface area contributed by atoms with Crippen molar-refractivity contribution in [2.45, 2.75) is 13.0 Å². The van der Waals surface area contributed by atoms with Gasteiger partial charge in [-0.3, -0.25) is 4.79 Å². The lowest BCUT2D eigenvalue weighted by Gasteiger charge is -2.40. The highest BCUT2D eigenvalue weighted by molar-refractivity contribution is 5.95. The first-order valence-electron chi connectivity index (χ1n) is 11.1. The summed E-state index contributed by atoms with van der Waals surface area (Å²) in [5.74, 6) is 0.953. The summed E-state index contributed by atoms with van der Waals surface area (Å²) in [6.07, 6.45) is 0. The zero-order valence-corrected chi connectivity index (χ0v) is 18.8. The van der Waals surface area contributed by atoms with Crippen LogP contribution in [0.1, 0.15) is 27.5 Å². The van der Waals surface area contributed by atoms with Crippen LogP contribution in [0.4, 0.5) is 0 Å². The van der Waals surface area contributed by atoms with Gasteiger partial charge >= 0.3 is 0 Å². The van der Waals surface area contributed by atoms with E-state index in [-0.39, 0.29) is 11.9 Å². The number of hydrogen-bond donors (Lipinski definition) is 0. The van der Waals surface area contributed by atoms with E-state index in [1.54, 1.807) is 0 Å². The molecule has 33 heavy (non-hydrogen) atoms. The normalized spacial score (nSPS) is 16.7. The van der Waals surface area contributed by atoms with Gasteiger partial charge in [-0.25, -0.2) is 0 Å². The fraction of sp³-hybridized carbons (Fsp3) is 0.222. The highest BCUT2D eigenvalue weighted by Crippen LogP contribution is 2.28. The number of amides is 1. The lowest BCUT2D eigenvalue weighted by atomic mass is 10.0. The van der Waals surface area contributed by atoms with Crippen LogP contribution in [0.3, 0.4) is 0 Å². The number of carbonyl (C=O) groups is 1. The van der Waals surface area contributed by atoms with Gasteiger partial charge in [0.1, 0.15) is 0 Å². The van der Waals surface area contributed by atoms with Crippen LogP contribution < -0.4 is 0 Å². The van der Waals surface area contributed by atoms with Crippen molar-refractivity contribution in [2.24, 2.45) is 0 Å². The zero-order valence-electron chi connectivity index (χ0n) is 18.8. The van der Waals surface area contributed by atoms with Crippen LogP contribution in [0.5, 0.6) is 0 Å². The number of aryl methyl sites for hydroxylation is 1. The third kappa shape index (κ3) is 4.43. The van der Waals surface area contributed by atoms with E-state index in [0.717, 1.165) is 29.8 Å². The van der Waals surface area contributed by atoms with Gasteiger partial charge in [-0.2, -0.15) is 0 Å². The van der Waals surface area contributed by atoms with E-state index in [1.165, 1.54) is 5.56 Å². The fourth-order valence-electron chi connectivity index (χ4n) is 4.20. The number of rotatable bonds is 4. The van der Waals surface area contributed by atoms with Gasteiger partial charge in [-0.05, 0) is 55.9 Å². The predicted molar refractivity (Wildman–Crippen MR) is 128 cm³/mol. The third-order valence-corrected chi connectivity index (χ3v) is 6.13. The van der Waals surface area contributed by atoms with E-state index >= 15 is 0 Å². The molecule has 3 aromatic carbocycles. The topological polar surface area (TPSA) is 62.5 Å². The van der Waals surface area contributed by atoms with Crippen LogP contribution in [0.2, 0.25) is 0 Å². The maximum Gasteiger partial charge on any atom is 0.254 e. The van der Waals surface area contributed by atoms with E-state index in [1.807, 2.05) is 78.6 Å². The molecule has 0 spiro atoms. The number of likely N-dealkylation sites (N-methyl/N-ethyl adjacent to an activating group) is 1. The van der Waals surface area contributed by atoms with Gasteiger partial charge in [0.25, 0.3) is 5.91 Å². The van der Waals surface area contributed by atoms with Crippen LogP contribution in [-0.4, -0.2) is 52.6 Å². The number of piperazine rings is 1. The standard InChI is InChI=1S/C27H26N4O2/c1-19-8-10-21(11-9-19)25-28-29-26(33-25)22-12-14-23(15-13-22)27(32)31-17-16-30(2)18-24(31)20-6-4-3-5-7-20/h3-15,24H,16-18H2,1-2H3. The summed E-state index contributed by atoms with van der Waals surface area (Å²) < 4.78 is 5.88. The average molecular weight is 439 g/mol. The maximum absolute atomic E-state index is 13.4. The Morgan fingerprint density at radius 1 is 0.848 bits per heavy atom. The van der Waals surface area contributed by atoms with Gasteiger partial charge in [0, 0.05) is 36.3 Å². The molecule has 4 aromatic rings. The Hall–Kier alpha value is -3.77. The number of benzene rings is 3. The van der Waals surface area contributed by atoms with Gasteiger partial charge in [-0.15, -0.1) is 10.2 Å². The molecule has 6 heteroatoms. The number of nitrogens with zero attached hydrogens (tertiary/aromatic N) is 4. The molecule has 1 amide bonds. The predicted octanol–water partition coefficient (Wildman–Crippen LogP) is 4.84. The molecule has 0 aliphatic carbocycles. The second-order valence-electron chi connectivity index (χ2n) is 8.54. The number of hydrogen-bond acceptors (Lipinski definition) is 5. The van der Waals surface area contributed by atoms with Crippen molar-refractivity contribution >= 4 is 5.91 Å². The minimum atomic E-state index is 0.0325. The minimum Gasteiger partial charge on any atom is -0.416 e. The number of aromatic nitrogens is 2. The SMILES string of the molecule is Cc1ccc(-c2nnc(-c3ccc(C(=O)N4CCN(C)CC4c4ccccc4)cc3)o2)cc1. The van der Waals surface area contributed by atoms with Crippen molar-refractivity contribution in [3.05, 3.63) is 95.6 Å². The van der Waals surface area contributed by atoms with Crippen molar-refractivity contribution in [1.29, 1.82) is 0 Å². The Bertz CT molecular complexity index is 1230. The Labute approximate surface area is 193 Å². The Morgan fingerprint density at radius 3 is 2.09 bits per heavy atom. The van der Waals surface area contributed by atoms with Crippen LogP contribution in [-0.2, 0) is 0 Å². The highest BCUT2D eigenvalue weighted by Gasteiger charge is 2.30. The van der Waals surface area contributed by atoms with Crippen molar-refractivity contribution in [3.8, 4) is 22.9 Å². The minimum absolute atomic E-state index is 0.0325.